The van der Waals surface area contributed by atoms with Gasteiger partial charge in [0.2, 0.25) is 10.0 Å². The Morgan fingerprint density at radius 3 is 2.57 bits per heavy atom. The Morgan fingerprint density at radius 1 is 1.14 bits per heavy atom. The molecule has 2 heterocycles. The van der Waals surface area contributed by atoms with Gasteiger partial charge in [-0.15, -0.1) is 11.3 Å². The fraction of sp³-hybridized carbons (Fsp3) is 0.200. The number of benzene rings is 1. The average molecular weight is 416 g/mol. The van der Waals surface area contributed by atoms with Crippen molar-refractivity contribution in [3.63, 3.8) is 0 Å². The Hall–Kier alpha value is -2.55. The van der Waals surface area contributed by atoms with Crippen molar-refractivity contribution in [1.82, 2.24) is 15.0 Å². The largest absolute Gasteiger partial charge is 0.345 e. The number of amides is 1. The minimum atomic E-state index is -3.61. The van der Waals surface area contributed by atoms with Gasteiger partial charge in [0.1, 0.15) is 0 Å². The normalized spacial score (nSPS) is 12.5. The van der Waals surface area contributed by atoms with E-state index in [9.17, 15) is 13.2 Å². The van der Waals surface area contributed by atoms with Gasteiger partial charge >= 0.3 is 0 Å². The molecule has 146 valence electrons. The summed E-state index contributed by atoms with van der Waals surface area (Å²) in [7, 11) is -3.61. The molecule has 0 aliphatic heterocycles. The maximum Gasteiger partial charge on any atom is 0.251 e. The Balaban J connectivity index is 1.59. The molecule has 1 amide bonds. The van der Waals surface area contributed by atoms with Crippen molar-refractivity contribution < 1.29 is 13.2 Å². The first-order valence-corrected chi connectivity index (χ1v) is 11.1. The highest BCUT2D eigenvalue weighted by atomic mass is 32.2. The number of nitrogens with zero attached hydrogens (tertiary/aromatic N) is 1. The van der Waals surface area contributed by atoms with Crippen LogP contribution in [-0.4, -0.2) is 25.9 Å². The van der Waals surface area contributed by atoms with Gasteiger partial charge in [0.05, 0.1) is 10.9 Å². The highest BCUT2D eigenvalue weighted by molar-refractivity contribution is 7.89. The number of nitrogens with one attached hydrogen (secondary N) is 2. The van der Waals surface area contributed by atoms with E-state index in [1.165, 1.54) is 24.3 Å². The molecular weight excluding hydrogens is 394 g/mol. The van der Waals surface area contributed by atoms with Crippen LogP contribution in [0.15, 0.2) is 71.2 Å². The van der Waals surface area contributed by atoms with Crippen molar-refractivity contribution in [2.75, 3.05) is 6.54 Å². The molecule has 1 aromatic carbocycles. The molecule has 0 saturated carbocycles. The SMILES string of the molecule is CC(NC(=O)c1ccc(S(=O)(=O)NCCc2cccs2)cc1)c1cccnc1. The van der Waals surface area contributed by atoms with E-state index in [1.54, 1.807) is 23.7 Å². The first-order valence-electron chi connectivity index (χ1n) is 8.78. The number of hydrogen-bond acceptors (Lipinski definition) is 5. The monoisotopic (exact) mass is 415 g/mol. The summed E-state index contributed by atoms with van der Waals surface area (Å²) in [5.41, 5.74) is 1.29. The second kappa shape index (κ2) is 9.09. The van der Waals surface area contributed by atoms with Crippen LogP contribution >= 0.6 is 11.3 Å². The third kappa shape index (κ3) is 5.25. The van der Waals surface area contributed by atoms with E-state index in [0.29, 0.717) is 18.5 Å². The first-order chi connectivity index (χ1) is 13.5. The molecule has 2 N–H and O–H groups in total. The third-order valence-corrected chi connectivity index (χ3v) is 6.62. The third-order valence-electron chi connectivity index (χ3n) is 4.20. The van der Waals surface area contributed by atoms with Crippen LogP contribution in [0.3, 0.4) is 0 Å². The van der Waals surface area contributed by atoms with Crippen LogP contribution in [0, 0.1) is 0 Å². The van der Waals surface area contributed by atoms with Crippen molar-refractivity contribution in [2.24, 2.45) is 0 Å². The lowest BCUT2D eigenvalue weighted by molar-refractivity contribution is 0.0939. The Morgan fingerprint density at radius 2 is 1.93 bits per heavy atom. The number of carbonyl (C=O) groups excluding carboxylic acids is 1. The van der Waals surface area contributed by atoms with E-state index in [1.807, 2.05) is 36.6 Å². The number of aromatic nitrogens is 1. The fourth-order valence-corrected chi connectivity index (χ4v) is 4.37. The molecule has 0 aliphatic rings. The minimum Gasteiger partial charge on any atom is -0.345 e. The molecule has 0 spiro atoms. The Labute approximate surface area is 168 Å². The first kappa shape index (κ1) is 20.2. The van der Waals surface area contributed by atoms with Crippen LogP contribution in [-0.2, 0) is 16.4 Å². The lowest BCUT2D eigenvalue weighted by atomic mass is 10.1. The highest BCUT2D eigenvalue weighted by Gasteiger charge is 2.16. The molecule has 0 fully saturated rings. The molecule has 1 atom stereocenters. The summed E-state index contributed by atoms with van der Waals surface area (Å²) < 4.78 is 27.4. The lowest BCUT2D eigenvalue weighted by Crippen LogP contribution is -2.27. The van der Waals surface area contributed by atoms with Gasteiger partial charge in [-0.3, -0.25) is 9.78 Å². The molecule has 0 radical (unpaired) electrons. The van der Waals surface area contributed by atoms with Crippen LogP contribution < -0.4 is 10.0 Å². The van der Waals surface area contributed by atoms with Gasteiger partial charge in [-0.05, 0) is 60.7 Å². The molecular formula is C20H21N3O3S2. The van der Waals surface area contributed by atoms with Gasteiger partial charge in [0.25, 0.3) is 5.91 Å². The van der Waals surface area contributed by atoms with Crippen LogP contribution in [0.25, 0.3) is 0 Å². The molecule has 6 nitrogen and oxygen atoms in total. The van der Waals surface area contributed by atoms with Crippen LogP contribution in [0.1, 0.15) is 33.8 Å². The molecule has 1 unspecified atom stereocenters. The van der Waals surface area contributed by atoms with Crippen LogP contribution in [0.5, 0.6) is 0 Å². The molecule has 0 bridgehead atoms. The number of sulfonamides is 1. The van der Waals surface area contributed by atoms with Gasteiger partial charge in [-0.1, -0.05) is 12.1 Å². The van der Waals surface area contributed by atoms with Crippen LogP contribution in [0.4, 0.5) is 0 Å². The second-order valence-corrected chi connectivity index (χ2v) is 9.03. The molecule has 2 aromatic heterocycles. The Kier molecular flexibility index (Phi) is 6.56. The summed E-state index contributed by atoms with van der Waals surface area (Å²) in [5, 5.41) is 4.84. The van der Waals surface area contributed by atoms with Gasteiger partial charge < -0.3 is 5.32 Å². The van der Waals surface area contributed by atoms with E-state index in [2.05, 4.69) is 15.0 Å². The fourth-order valence-electron chi connectivity index (χ4n) is 2.63. The van der Waals surface area contributed by atoms with Gasteiger partial charge in [-0.2, -0.15) is 0 Å². The summed E-state index contributed by atoms with van der Waals surface area (Å²) in [5.74, 6) is -0.272. The van der Waals surface area contributed by atoms with E-state index < -0.39 is 10.0 Å². The average Bonchev–Trinajstić information content (AvgIpc) is 3.22. The van der Waals surface area contributed by atoms with E-state index >= 15 is 0 Å². The quantitative estimate of drug-likeness (QED) is 0.592. The molecule has 8 heteroatoms. The van der Waals surface area contributed by atoms with E-state index in [-0.39, 0.29) is 16.8 Å². The van der Waals surface area contributed by atoms with Gasteiger partial charge in [0.15, 0.2) is 0 Å². The minimum absolute atomic E-state index is 0.135. The second-order valence-electron chi connectivity index (χ2n) is 6.23. The summed E-state index contributed by atoms with van der Waals surface area (Å²) >= 11 is 1.59. The van der Waals surface area contributed by atoms with Crippen molar-refractivity contribution in [3.05, 3.63) is 82.3 Å². The lowest BCUT2D eigenvalue weighted by Gasteiger charge is -2.14. The molecule has 0 aliphatic carbocycles. The van der Waals surface area contributed by atoms with E-state index in [4.69, 9.17) is 0 Å². The summed E-state index contributed by atoms with van der Waals surface area (Å²) in [4.78, 5) is 17.7. The van der Waals surface area contributed by atoms with Crippen molar-refractivity contribution in [3.8, 4) is 0 Å². The van der Waals surface area contributed by atoms with Crippen molar-refractivity contribution in [2.45, 2.75) is 24.3 Å². The molecule has 3 rings (SSSR count). The van der Waals surface area contributed by atoms with Gasteiger partial charge in [0, 0.05) is 29.4 Å². The number of carbonyl (C=O) groups is 1. The molecule has 0 saturated heterocycles. The Bertz CT molecular complexity index is 1000. The predicted molar refractivity (Wildman–Crippen MR) is 110 cm³/mol. The van der Waals surface area contributed by atoms with E-state index in [0.717, 1.165) is 10.4 Å². The topological polar surface area (TPSA) is 88.2 Å². The smallest absolute Gasteiger partial charge is 0.251 e. The summed E-state index contributed by atoms with van der Waals surface area (Å²) in [6, 6.07) is 13.3. The number of rotatable bonds is 8. The maximum atomic E-state index is 12.4. The zero-order chi connectivity index (χ0) is 20.0. The van der Waals surface area contributed by atoms with Gasteiger partial charge in [-0.25, -0.2) is 13.1 Å². The number of thiophene rings is 1. The number of hydrogen-bond donors (Lipinski definition) is 2. The summed E-state index contributed by atoms with van der Waals surface area (Å²) in [6.45, 7) is 2.19. The number of pyridine rings is 1. The maximum absolute atomic E-state index is 12.4. The van der Waals surface area contributed by atoms with Crippen LogP contribution in [0.2, 0.25) is 0 Å². The standard InChI is InChI=1S/C20H21N3O3S2/c1-15(17-4-2-11-21-14-17)23-20(24)16-6-8-19(9-7-16)28(25,26)22-12-10-18-5-3-13-27-18/h2-9,11,13-15,22H,10,12H2,1H3,(H,23,24). The molecule has 3 aromatic rings. The highest BCUT2D eigenvalue weighted by Crippen LogP contribution is 2.14. The zero-order valence-corrected chi connectivity index (χ0v) is 17.0. The zero-order valence-electron chi connectivity index (χ0n) is 15.3. The predicted octanol–water partition coefficient (Wildman–Crippen LogP) is 3.16. The summed E-state index contributed by atoms with van der Waals surface area (Å²) in [6.07, 6.45) is 4.01. The van der Waals surface area contributed by atoms with Crippen molar-refractivity contribution >= 4 is 27.3 Å². The molecule has 28 heavy (non-hydrogen) atoms. The van der Waals surface area contributed by atoms with Crippen molar-refractivity contribution in [1.29, 1.82) is 0 Å².